The van der Waals surface area contributed by atoms with Gasteiger partial charge in [-0.2, -0.15) is 0 Å². The van der Waals surface area contributed by atoms with Gasteiger partial charge in [-0.15, -0.1) is 0 Å². The third kappa shape index (κ3) is 118000. The first-order chi connectivity index (χ1) is 3.15. The van der Waals surface area contributed by atoms with Crippen molar-refractivity contribution in [3.63, 3.8) is 0 Å². The minimum absolute atomic E-state index is 0. The molecule has 0 saturated heterocycles. The topological polar surface area (TPSA) is 15.3 Å². The van der Waals surface area contributed by atoms with E-state index in [-0.39, 0.29) is 16.8 Å². The normalized spacial score (nSPS) is 6.00. The molecule has 0 heterocycles. The van der Waals surface area contributed by atoms with Gasteiger partial charge in [0.05, 0.1) is 0 Å². The van der Waals surface area contributed by atoms with Gasteiger partial charge in [-0.25, -0.2) is 0 Å². The second-order valence-electron chi connectivity index (χ2n) is 1.84. The maximum atomic E-state index is 2.75. The lowest BCUT2D eigenvalue weighted by atomic mass is 10.8. The largest absolute Gasteiger partial charge is 0.323 e. The zero-order valence-electron chi connectivity index (χ0n) is 7.10. The van der Waals surface area contributed by atoms with Gasteiger partial charge in [-0.05, 0) is 35.2 Å². The van der Waals surface area contributed by atoms with Crippen molar-refractivity contribution >= 4 is 16.8 Å². The van der Waals surface area contributed by atoms with Crippen LogP contribution in [-0.4, -0.2) is 57.0 Å². The van der Waals surface area contributed by atoms with Crippen molar-refractivity contribution < 1.29 is 0 Å². The third-order valence-corrected chi connectivity index (χ3v) is 0. The van der Waals surface area contributed by atoms with Crippen LogP contribution in [0.5, 0.6) is 0 Å². The molecule has 0 aliphatic rings. The summed E-state index contributed by atoms with van der Waals surface area (Å²) in [4.78, 5) is 2.00. The molecule has 0 aliphatic carbocycles. The van der Waals surface area contributed by atoms with Crippen molar-refractivity contribution in [1.29, 1.82) is 0 Å². The van der Waals surface area contributed by atoms with Crippen LogP contribution in [-0.2, 0) is 0 Å². The summed E-state index contributed by atoms with van der Waals surface area (Å²) in [6, 6.07) is 0. The van der Waals surface area contributed by atoms with E-state index in [1.807, 2.05) is 40.1 Å². The van der Waals surface area contributed by atoms with E-state index in [1.165, 1.54) is 0 Å². The summed E-state index contributed by atoms with van der Waals surface area (Å²) >= 11 is 0. The molecule has 0 unspecified atom stereocenters. The Morgan fingerprint density at radius 2 is 0.889 bits per heavy atom. The highest BCUT2D eigenvalue weighted by Gasteiger charge is 1.58. The average Bonchev–Trinajstić information content (AvgIpc) is 1.33. The summed E-state index contributed by atoms with van der Waals surface area (Å²) in [5.41, 5.74) is 0. The van der Waals surface area contributed by atoms with Crippen LogP contribution in [0.1, 0.15) is 0 Å². The van der Waals surface area contributed by atoms with Crippen molar-refractivity contribution in [3.8, 4) is 0 Å². The van der Waals surface area contributed by atoms with Gasteiger partial charge in [0.25, 0.3) is 0 Å². The van der Waals surface area contributed by atoms with Gasteiger partial charge in [0.1, 0.15) is 0 Å². The lowest BCUT2D eigenvalue weighted by molar-refractivity contribution is 0.505. The van der Waals surface area contributed by atoms with E-state index in [0.29, 0.717) is 0 Å². The van der Waals surface area contributed by atoms with Crippen LogP contribution in [0.3, 0.4) is 0 Å². The van der Waals surface area contributed by atoms with Crippen molar-refractivity contribution in [2.45, 2.75) is 0 Å². The molecular formula is C5H16B2N2. The van der Waals surface area contributed by atoms with Gasteiger partial charge in [-0.3, -0.25) is 0 Å². The molecule has 4 heteroatoms. The molecule has 52 valence electrons. The molecule has 0 aromatic carbocycles. The molecule has 0 aliphatic heterocycles. The summed E-state index contributed by atoms with van der Waals surface area (Å²) in [6.45, 7) is 0. The van der Waals surface area contributed by atoms with Gasteiger partial charge in [0.2, 0.25) is 0 Å². The zero-order chi connectivity index (χ0) is 6.28. The number of nitrogens with zero attached hydrogens (tertiary/aromatic N) is 1. The van der Waals surface area contributed by atoms with Gasteiger partial charge in [0.15, 0.2) is 0 Å². The fourth-order valence-corrected chi connectivity index (χ4v) is 0. The first kappa shape index (κ1) is 23.0. The molecule has 0 atom stereocenters. The van der Waals surface area contributed by atoms with Crippen LogP contribution in [0, 0.1) is 0 Å². The second-order valence-corrected chi connectivity index (χ2v) is 1.84. The Kier molecular flexibility index (Phi) is 62.3. The van der Waals surface area contributed by atoms with Crippen LogP contribution >= 0.6 is 0 Å². The van der Waals surface area contributed by atoms with Crippen LogP contribution < -0.4 is 5.32 Å². The smallest absolute Gasteiger partial charge is 0 e. The van der Waals surface area contributed by atoms with Crippen LogP contribution in [0.4, 0.5) is 0 Å². The second kappa shape index (κ2) is 24.4. The lowest BCUT2D eigenvalue weighted by Crippen LogP contribution is -1.99. The third-order valence-electron chi connectivity index (χ3n) is 0. The Bertz CT molecular complexity index is 24.2. The fraction of sp³-hybridized carbons (Fsp3) is 1.00. The molecule has 9 heavy (non-hydrogen) atoms. The maximum absolute atomic E-state index is 2.75. The van der Waals surface area contributed by atoms with E-state index in [9.17, 15) is 0 Å². The molecule has 0 spiro atoms. The van der Waals surface area contributed by atoms with E-state index >= 15 is 0 Å². The predicted octanol–water partition coefficient (Wildman–Crippen LogP) is -0.748. The van der Waals surface area contributed by atoms with Gasteiger partial charge in [-0.1, -0.05) is 0 Å². The number of hydrogen-bond donors (Lipinski definition) is 1. The molecule has 0 fully saturated rings. The van der Waals surface area contributed by atoms with Crippen molar-refractivity contribution in [2.75, 3.05) is 35.2 Å². The van der Waals surface area contributed by atoms with Crippen LogP contribution in [0.2, 0.25) is 0 Å². The quantitative estimate of drug-likeness (QED) is 0.429. The summed E-state index contributed by atoms with van der Waals surface area (Å²) in [5, 5.41) is 2.75. The Morgan fingerprint density at radius 3 is 0.889 bits per heavy atom. The summed E-state index contributed by atoms with van der Waals surface area (Å²) in [5.74, 6) is 0. The monoisotopic (exact) mass is 126 g/mol. The fourth-order valence-electron chi connectivity index (χ4n) is 0. The zero-order valence-corrected chi connectivity index (χ0v) is 7.10. The van der Waals surface area contributed by atoms with Crippen molar-refractivity contribution in [1.82, 2.24) is 10.2 Å². The van der Waals surface area contributed by atoms with Crippen LogP contribution in [0.25, 0.3) is 0 Å². The highest BCUT2D eigenvalue weighted by atomic mass is 15.0. The first-order valence-electron chi connectivity index (χ1n) is 2.34. The number of rotatable bonds is 0. The Labute approximate surface area is 63.2 Å². The highest BCUT2D eigenvalue weighted by Crippen LogP contribution is 1.47. The Balaban J connectivity index is -0.0000000233. The Morgan fingerprint density at radius 1 is 0.889 bits per heavy atom. The molecule has 2 nitrogen and oxygen atoms in total. The molecule has 6 radical (unpaired) electrons. The Hall–Kier alpha value is 0.0499. The minimum Gasteiger partial charge on any atom is -0.323 e. The predicted molar refractivity (Wildman–Crippen MR) is 46.1 cm³/mol. The molecular weight excluding hydrogens is 110 g/mol. The average molecular weight is 126 g/mol. The summed E-state index contributed by atoms with van der Waals surface area (Å²) in [6.07, 6.45) is 0. The molecule has 0 aromatic heterocycles. The lowest BCUT2D eigenvalue weighted by Gasteiger charge is -1.90. The number of hydrogen-bond acceptors (Lipinski definition) is 2. The van der Waals surface area contributed by atoms with E-state index < -0.39 is 0 Å². The van der Waals surface area contributed by atoms with E-state index in [4.69, 9.17) is 0 Å². The molecule has 0 rings (SSSR count). The molecule has 0 amide bonds. The SMILES string of the molecule is CN(C)C.CNC.[B].[B]. The van der Waals surface area contributed by atoms with E-state index in [1.54, 1.807) is 0 Å². The van der Waals surface area contributed by atoms with Gasteiger partial charge >= 0.3 is 0 Å². The van der Waals surface area contributed by atoms with Crippen molar-refractivity contribution in [3.05, 3.63) is 0 Å². The van der Waals surface area contributed by atoms with E-state index in [2.05, 4.69) is 5.32 Å². The molecule has 0 saturated carbocycles. The standard InChI is InChI=1S/C3H9N.C2H7N.2B/c1-4(2)3;1-3-2;;/h1-3H3;3H,1-2H3;;. The summed E-state index contributed by atoms with van der Waals surface area (Å²) < 4.78 is 0. The minimum atomic E-state index is 0. The van der Waals surface area contributed by atoms with E-state index in [0.717, 1.165) is 0 Å². The summed E-state index contributed by atoms with van der Waals surface area (Å²) in [7, 11) is 9.75. The number of nitrogens with one attached hydrogen (secondary N) is 1. The molecule has 0 bridgehead atoms. The highest BCUT2D eigenvalue weighted by molar-refractivity contribution is 5.76. The van der Waals surface area contributed by atoms with Gasteiger partial charge < -0.3 is 10.2 Å². The first-order valence-corrected chi connectivity index (χ1v) is 2.34. The van der Waals surface area contributed by atoms with Crippen LogP contribution in [0.15, 0.2) is 0 Å². The molecule has 1 N–H and O–H groups in total. The maximum Gasteiger partial charge on any atom is 0 e. The van der Waals surface area contributed by atoms with Crippen molar-refractivity contribution in [2.24, 2.45) is 0 Å². The molecule has 0 aromatic rings. The van der Waals surface area contributed by atoms with Gasteiger partial charge in [0, 0.05) is 16.8 Å².